The summed E-state index contributed by atoms with van der Waals surface area (Å²) in [4.78, 5) is 12.0. The molecule has 0 aliphatic rings. The second kappa shape index (κ2) is 7.51. The van der Waals surface area contributed by atoms with Crippen molar-refractivity contribution in [2.75, 3.05) is 24.6 Å². The van der Waals surface area contributed by atoms with Gasteiger partial charge in [0.15, 0.2) is 0 Å². The minimum atomic E-state index is -3.53. The summed E-state index contributed by atoms with van der Waals surface area (Å²) in [5.74, 6) is -0.278. The van der Waals surface area contributed by atoms with E-state index in [9.17, 15) is 13.2 Å². The number of hydrogen-bond donors (Lipinski definition) is 2. The number of hydrogen-bond acceptors (Lipinski definition) is 6. The fourth-order valence-corrected chi connectivity index (χ4v) is 3.36. The standard InChI is InChI=1S/C12H18N2O4S2/c1-3-14-20(16,17)9-5-6-10(13)11(7-9)19-8-12(15)18-4-2/h5-7,14H,3-4,8,13H2,1-2H3. The van der Waals surface area contributed by atoms with E-state index in [0.29, 0.717) is 23.7 Å². The van der Waals surface area contributed by atoms with E-state index in [1.54, 1.807) is 13.8 Å². The fourth-order valence-electron chi connectivity index (χ4n) is 1.42. The zero-order valence-electron chi connectivity index (χ0n) is 11.4. The van der Waals surface area contributed by atoms with E-state index in [-0.39, 0.29) is 16.6 Å². The van der Waals surface area contributed by atoms with Crippen LogP contribution in [0.25, 0.3) is 0 Å². The Hall–Kier alpha value is -1.25. The highest BCUT2D eigenvalue weighted by Crippen LogP contribution is 2.27. The smallest absolute Gasteiger partial charge is 0.316 e. The maximum atomic E-state index is 11.9. The number of nitrogens with two attached hydrogens (primary N) is 1. The van der Waals surface area contributed by atoms with Crippen molar-refractivity contribution in [2.24, 2.45) is 0 Å². The van der Waals surface area contributed by atoms with Crippen LogP contribution in [-0.4, -0.2) is 33.3 Å². The van der Waals surface area contributed by atoms with Gasteiger partial charge in [-0.2, -0.15) is 0 Å². The third-order valence-electron chi connectivity index (χ3n) is 2.28. The van der Waals surface area contributed by atoms with Crippen LogP contribution in [0.15, 0.2) is 28.0 Å². The summed E-state index contributed by atoms with van der Waals surface area (Å²) in [6.07, 6.45) is 0. The highest BCUT2D eigenvalue weighted by atomic mass is 32.2. The molecule has 0 aliphatic carbocycles. The van der Waals surface area contributed by atoms with Crippen molar-refractivity contribution in [1.82, 2.24) is 4.72 Å². The zero-order valence-corrected chi connectivity index (χ0v) is 13.0. The molecule has 0 unspecified atom stereocenters. The van der Waals surface area contributed by atoms with E-state index in [1.807, 2.05) is 0 Å². The Kier molecular flexibility index (Phi) is 6.31. The lowest BCUT2D eigenvalue weighted by atomic mass is 10.3. The summed E-state index contributed by atoms with van der Waals surface area (Å²) >= 11 is 1.15. The van der Waals surface area contributed by atoms with Crippen molar-refractivity contribution < 1.29 is 17.9 Å². The summed E-state index contributed by atoms with van der Waals surface area (Å²) in [5, 5.41) is 0. The molecule has 3 N–H and O–H groups in total. The van der Waals surface area contributed by atoms with Gasteiger partial charge in [0, 0.05) is 17.1 Å². The Balaban J connectivity index is 2.90. The van der Waals surface area contributed by atoms with Gasteiger partial charge in [0.2, 0.25) is 10.0 Å². The lowest BCUT2D eigenvalue weighted by Crippen LogP contribution is -2.23. The maximum absolute atomic E-state index is 11.9. The van der Waals surface area contributed by atoms with Gasteiger partial charge in [0.05, 0.1) is 17.3 Å². The molecule has 0 atom stereocenters. The Morgan fingerprint density at radius 3 is 2.70 bits per heavy atom. The van der Waals surface area contributed by atoms with Crippen molar-refractivity contribution >= 4 is 33.4 Å². The number of thioether (sulfide) groups is 1. The molecule has 0 aromatic heterocycles. The van der Waals surface area contributed by atoms with Crippen LogP contribution in [0.3, 0.4) is 0 Å². The Morgan fingerprint density at radius 1 is 1.40 bits per heavy atom. The average Bonchev–Trinajstić information content (AvgIpc) is 2.37. The number of benzene rings is 1. The molecule has 1 aromatic rings. The average molecular weight is 318 g/mol. The van der Waals surface area contributed by atoms with Gasteiger partial charge in [-0.15, -0.1) is 11.8 Å². The van der Waals surface area contributed by atoms with Crippen LogP contribution >= 0.6 is 11.8 Å². The van der Waals surface area contributed by atoms with E-state index < -0.39 is 10.0 Å². The monoisotopic (exact) mass is 318 g/mol. The number of nitrogens with one attached hydrogen (secondary N) is 1. The Labute approximate surface area is 123 Å². The highest BCUT2D eigenvalue weighted by molar-refractivity contribution is 8.00. The van der Waals surface area contributed by atoms with Gasteiger partial charge >= 0.3 is 5.97 Å². The van der Waals surface area contributed by atoms with Gasteiger partial charge in [0.25, 0.3) is 0 Å². The van der Waals surface area contributed by atoms with Crippen LogP contribution in [0.5, 0.6) is 0 Å². The summed E-state index contributed by atoms with van der Waals surface area (Å²) in [5.41, 5.74) is 6.20. The van der Waals surface area contributed by atoms with Crippen molar-refractivity contribution in [1.29, 1.82) is 0 Å². The molecule has 0 aliphatic heterocycles. The van der Waals surface area contributed by atoms with Gasteiger partial charge in [-0.3, -0.25) is 4.79 Å². The van der Waals surface area contributed by atoms with E-state index in [4.69, 9.17) is 10.5 Å². The highest BCUT2D eigenvalue weighted by Gasteiger charge is 2.15. The van der Waals surface area contributed by atoms with E-state index >= 15 is 0 Å². The van der Waals surface area contributed by atoms with E-state index in [2.05, 4.69) is 4.72 Å². The van der Waals surface area contributed by atoms with Gasteiger partial charge in [-0.25, -0.2) is 13.1 Å². The third kappa shape index (κ3) is 4.69. The number of anilines is 1. The zero-order chi connectivity index (χ0) is 15.2. The van der Waals surface area contributed by atoms with Gasteiger partial charge in [0.1, 0.15) is 0 Å². The molecule has 0 amide bonds. The van der Waals surface area contributed by atoms with E-state index in [0.717, 1.165) is 11.8 Å². The Morgan fingerprint density at radius 2 is 2.10 bits per heavy atom. The molecule has 0 heterocycles. The number of esters is 1. The molecule has 1 rings (SSSR count). The minimum absolute atomic E-state index is 0.0861. The first-order valence-corrected chi connectivity index (χ1v) is 8.55. The number of nitrogen functional groups attached to an aromatic ring is 1. The number of sulfonamides is 1. The van der Waals surface area contributed by atoms with Gasteiger partial charge < -0.3 is 10.5 Å². The lowest BCUT2D eigenvalue weighted by molar-refractivity contribution is -0.139. The first-order valence-electron chi connectivity index (χ1n) is 6.08. The SMILES string of the molecule is CCNS(=O)(=O)c1ccc(N)c(SCC(=O)OCC)c1. The normalized spacial score (nSPS) is 11.3. The van der Waals surface area contributed by atoms with Crippen molar-refractivity contribution in [3.63, 3.8) is 0 Å². The molecule has 0 saturated carbocycles. The third-order valence-corrected chi connectivity index (χ3v) is 4.87. The second-order valence-electron chi connectivity index (χ2n) is 3.79. The van der Waals surface area contributed by atoms with Crippen molar-refractivity contribution in [3.8, 4) is 0 Å². The topological polar surface area (TPSA) is 98.5 Å². The minimum Gasteiger partial charge on any atom is -0.465 e. The van der Waals surface area contributed by atoms with Crippen molar-refractivity contribution in [3.05, 3.63) is 18.2 Å². The number of rotatable bonds is 7. The fraction of sp³-hybridized carbons (Fsp3) is 0.417. The molecule has 0 bridgehead atoms. The van der Waals surface area contributed by atoms with Gasteiger partial charge in [-0.05, 0) is 25.1 Å². The summed E-state index contributed by atoms with van der Waals surface area (Å²) in [6.45, 7) is 4.04. The quantitative estimate of drug-likeness (QED) is 0.445. The number of ether oxygens (including phenoxy) is 1. The van der Waals surface area contributed by atoms with E-state index in [1.165, 1.54) is 18.2 Å². The molecule has 0 fully saturated rings. The lowest BCUT2D eigenvalue weighted by Gasteiger charge is -2.09. The van der Waals surface area contributed by atoms with Crippen LogP contribution in [0, 0.1) is 0 Å². The molecule has 6 nitrogen and oxygen atoms in total. The largest absolute Gasteiger partial charge is 0.465 e. The van der Waals surface area contributed by atoms with Gasteiger partial charge in [-0.1, -0.05) is 6.92 Å². The first kappa shape index (κ1) is 16.8. The van der Waals surface area contributed by atoms with Crippen LogP contribution in [0.1, 0.15) is 13.8 Å². The summed E-state index contributed by atoms with van der Waals surface area (Å²) in [7, 11) is -3.53. The summed E-state index contributed by atoms with van der Waals surface area (Å²) < 4.78 is 31.0. The molecule has 0 saturated heterocycles. The van der Waals surface area contributed by atoms with Crippen LogP contribution < -0.4 is 10.5 Å². The number of carbonyl (C=O) groups excluding carboxylic acids is 1. The molecule has 0 radical (unpaired) electrons. The molecule has 20 heavy (non-hydrogen) atoms. The molecule has 1 aromatic carbocycles. The Bertz CT molecular complexity index is 573. The van der Waals surface area contributed by atoms with Crippen LogP contribution in [-0.2, 0) is 19.6 Å². The predicted octanol–water partition coefficient (Wildman–Crippen LogP) is 1.22. The first-order chi connectivity index (χ1) is 9.40. The predicted molar refractivity (Wildman–Crippen MR) is 79.1 cm³/mol. The molecule has 112 valence electrons. The van der Waals surface area contributed by atoms with Crippen LogP contribution in [0.2, 0.25) is 0 Å². The van der Waals surface area contributed by atoms with Crippen LogP contribution in [0.4, 0.5) is 5.69 Å². The summed E-state index contributed by atoms with van der Waals surface area (Å²) in [6, 6.07) is 4.40. The molecular formula is C12H18N2O4S2. The maximum Gasteiger partial charge on any atom is 0.316 e. The van der Waals surface area contributed by atoms with Crippen molar-refractivity contribution in [2.45, 2.75) is 23.6 Å². The number of carbonyl (C=O) groups is 1. The second-order valence-corrected chi connectivity index (χ2v) is 6.58. The molecular weight excluding hydrogens is 300 g/mol. The molecule has 8 heteroatoms. The molecule has 0 spiro atoms.